The lowest BCUT2D eigenvalue weighted by Crippen LogP contribution is -2.10. The molecule has 15 heteroatoms. The van der Waals surface area contributed by atoms with Gasteiger partial charge in [-0.15, -0.1) is 0 Å². The third-order valence-corrected chi connectivity index (χ3v) is 8.38. The average molecular weight is 805 g/mol. The van der Waals surface area contributed by atoms with Crippen LogP contribution in [0.4, 0.5) is 49.1 Å². The number of phenols is 1. The number of alkyl halides is 6. The first-order chi connectivity index (χ1) is 27.7. The summed E-state index contributed by atoms with van der Waals surface area (Å²) in [6, 6.07) is 26.5. The molecule has 2 aromatic heterocycles. The van der Waals surface area contributed by atoms with Crippen LogP contribution >= 0.6 is 0 Å². The van der Waals surface area contributed by atoms with Crippen LogP contribution in [0.2, 0.25) is 0 Å². The summed E-state index contributed by atoms with van der Waals surface area (Å²) >= 11 is 0. The number of ether oxygens (including phenoxy) is 3. The number of aldehydes is 1. The van der Waals surface area contributed by atoms with Gasteiger partial charge in [-0.3, -0.25) is 14.8 Å². The Balaban J connectivity index is 0.000000226. The maximum atomic E-state index is 13.8. The first-order valence-corrected chi connectivity index (χ1v) is 17.7. The number of carbonyl (C=O) groups excluding carboxylic acids is 1. The zero-order chi connectivity index (χ0) is 41.9. The van der Waals surface area contributed by atoms with E-state index in [1.165, 1.54) is 68.0 Å². The van der Waals surface area contributed by atoms with E-state index in [9.17, 15) is 36.2 Å². The Kier molecular flexibility index (Phi) is 14.1. The Morgan fingerprint density at radius 2 is 1.10 bits per heavy atom. The van der Waals surface area contributed by atoms with E-state index in [0.29, 0.717) is 59.1 Å². The van der Waals surface area contributed by atoms with Crippen LogP contribution in [0.1, 0.15) is 47.4 Å². The number of halogens is 6. The Bertz CT molecular complexity index is 2240. The number of anilines is 4. The first-order valence-electron chi connectivity index (χ1n) is 17.7. The van der Waals surface area contributed by atoms with Gasteiger partial charge in [-0.1, -0.05) is 36.4 Å². The summed E-state index contributed by atoms with van der Waals surface area (Å²) in [6.07, 6.45) is -6.17. The van der Waals surface area contributed by atoms with Crippen LogP contribution in [0, 0.1) is 0 Å². The zero-order valence-electron chi connectivity index (χ0n) is 31.4. The monoisotopic (exact) mass is 804 g/mol. The van der Waals surface area contributed by atoms with E-state index in [1.807, 2.05) is 13.8 Å². The number of hydrogen-bond acceptors (Lipinski definition) is 9. The summed E-state index contributed by atoms with van der Waals surface area (Å²) in [4.78, 5) is 18.8. The molecule has 2 heterocycles. The molecule has 0 aliphatic rings. The number of methoxy groups -OCH3 is 1. The van der Waals surface area contributed by atoms with Gasteiger partial charge in [-0.2, -0.15) is 26.3 Å². The number of aromatic hydroxyl groups is 1. The summed E-state index contributed by atoms with van der Waals surface area (Å²) in [5.74, 6) is 0.555. The fraction of sp³-hybridized carbons (Fsp3) is 0.186. The van der Waals surface area contributed by atoms with Crippen LogP contribution in [0.3, 0.4) is 0 Å². The van der Waals surface area contributed by atoms with Crippen LogP contribution in [0.15, 0.2) is 122 Å². The lowest BCUT2D eigenvalue weighted by atomic mass is 9.98. The number of carbonyl (C=O) groups is 1. The van der Waals surface area contributed by atoms with Crippen molar-refractivity contribution in [1.29, 1.82) is 0 Å². The number of pyridine rings is 2. The van der Waals surface area contributed by atoms with Crippen molar-refractivity contribution in [3.8, 4) is 33.8 Å². The molecule has 3 N–H and O–H groups in total. The van der Waals surface area contributed by atoms with E-state index in [-0.39, 0.29) is 28.3 Å². The highest BCUT2D eigenvalue weighted by atomic mass is 19.4. The zero-order valence-corrected chi connectivity index (χ0v) is 31.4. The fourth-order valence-electron chi connectivity index (χ4n) is 5.65. The molecule has 0 spiro atoms. The maximum Gasteiger partial charge on any atom is 0.417 e. The van der Waals surface area contributed by atoms with E-state index < -0.39 is 29.8 Å². The molecule has 0 amide bonds. The second-order valence-corrected chi connectivity index (χ2v) is 12.3. The molecular formula is C43H38F6N4O5. The van der Waals surface area contributed by atoms with Crippen molar-refractivity contribution in [3.05, 3.63) is 144 Å². The maximum absolute atomic E-state index is 13.8. The number of hydrogen-bond donors (Lipinski definition) is 3. The molecule has 0 saturated carbocycles. The number of nitrogens with zero attached hydrogens (tertiary/aromatic N) is 2. The fourth-order valence-corrected chi connectivity index (χ4v) is 5.65. The van der Waals surface area contributed by atoms with Gasteiger partial charge in [0.1, 0.15) is 17.2 Å². The Hall–Kier alpha value is -6.45. The molecule has 0 aliphatic heterocycles. The second-order valence-electron chi connectivity index (χ2n) is 12.3. The summed E-state index contributed by atoms with van der Waals surface area (Å²) in [5.41, 5.74) is 1.73. The van der Waals surface area contributed by atoms with Crippen molar-refractivity contribution >= 4 is 29.0 Å². The van der Waals surface area contributed by atoms with E-state index in [0.717, 1.165) is 12.1 Å². The molecule has 4 aromatic carbocycles. The number of rotatable bonds is 13. The Labute approximate surface area is 330 Å². The third kappa shape index (κ3) is 11.3. The molecule has 0 atom stereocenters. The molecule has 302 valence electrons. The molecule has 6 aromatic rings. The van der Waals surface area contributed by atoms with Gasteiger partial charge in [-0.25, -0.2) is 0 Å². The minimum atomic E-state index is -4.55. The minimum absolute atomic E-state index is 0.0116. The number of nitrogens with one attached hydrogen (secondary N) is 2. The van der Waals surface area contributed by atoms with Gasteiger partial charge in [0.05, 0.1) is 47.7 Å². The van der Waals surface area contributed by atoms with Crippen LogP contribution in [-0.4, -0.2) is 41.7 Å². The van der Waals surface area contributed by atoms with Crippen molar-refractivity contribution in [2.45, 2.75) is 32.5 Å². The largest absolute Gasteiger partial charge is 0.508 e. The van der Waals surface area contributed by atoms with Crippen molar-refractivity contribution in [1.82, 2.24) is 9.97 Å². The highest BCUT2D eigenvalue weighted by molar-refractivity contribution is 5.75. The summed E-state index contributed by atoms with van der Waals surface area (Å²) in [7, 11) is 1.51. The van der Waals surface area contributed by atoms with E-state index in [4.69, 9.17) is 14.2 Å². The highest BCUT2D eigenvalue weighted by Crippen LogP contribution is 2.41. The highest BCUT2D eigenvalue weighted by Gasteiger charge is 2.35. The predicted octanol–water partition coefficient (Wildman–Crippen LogP) is 11.6. The average Bonchev–Trinajstić information content (AvgIpc) is 3.21. The van der Waals surface area contributed by atoms with Gasteiger partial charge in [0.2, 0.25) is 6.29 Å². The molecular weight excluding hydrogens is 766 g/mol. The molecule has 0 saturated heterocycles. The smallest absolute Gasteiger partial charge is 0.417 e. The van der Waals surface area contributed by atoms with E-state index >= 15 is 0 Å². The molecule has 0 unspecified atom stereocenters. The second kappa shape index (κ2) is 19.1. The Morgan fingerprint density at radius 3 is 1.50 bits per heavy atom. The molecule has 9 nitrogen and oxygen atoms in total. The normalized spacial score (nSPS) is 11.4. The van der Waals surface area contributed by atoms with Gasteiger partial charge in [0.25, 0.3) is 0 Å². The van der Waals surface area contributed by atoms with Crippen molar-refractivity contribution < 1.29 is 50.5 Å². The van der Waals surface area contributed by atoms with Gasteiger partial charge in [-0.05, 0) is 109 Å². The molecule has 58 heavy (non-hydrogen) atoms. The number of aromatic nitrogens is 2. The quantitative estimate of drug-likeness (QED) is 0.0596. The molecule has 6 rings (SSSR count). The first kappa shape index (κ1) is 42.7. The minimum Gasteiger partial charge on any atom is -0.508 e. The van der Waals surface area contributed by atoms with E-state index in [2.05, 4.69) is 20.6 Å². The summed E-state index contributed by atoms with van der Waals surface area (Å²) in [6.45, 7) is 4.64. The van der Waals surface area contributed by atoms with Crippen LogP contribution in [-0.2, 0) is 21.8 Å². The van der Waals surface area contributed by atoms with Gasteiger partial charge in [0, 0.05) is 24.6 Å². The lowest BCUT2D eigenvalue weighted by Gasteiger charge is -2.17. The Morgan fingerprint density at radius 1 is 0.638 bits per heavy atom. The van der Waals surface area contributed by atoms with Crippen molar-refractivity contribution in [3.63, 3.8) is 0 Å². The molecule has 0 fully saturated rings. The molecule has 0 aliphatic carbocycles. The van der Waals surface area contributed by atoms with Crippen molar-refractivity contribution in [2.75, 3.05) is 31.0 Å². The topological polar surface area (TPSA) is 115 Å². The van der Waals surface area contributed by atoms with Crippen LogP contribution in [0.5, 0.6) is 11.5 Å². The standard InChI is InChI=1S/C24H25F3N2O3.C19H13F3N2O2/c1-4-31-23(32-5-2)22-13-9-18(15-28-22)29-17-8-12-20(21(14-17)24(25,26)27)16-6-10-19(30-3)11-7-16;20-19(21,22)18-9-13(24-14-3-4-15(11-25)23-10-14)5-8-17(18)12-1-6-16(26)7-2-12/h6-15,23,29H,4-5H2,1-3H3;1-11,24,26H. The van der Waals surface area contributed by atoms with Crippen LogP contribution in [0.25, 0.3) is 22.3 Å². The van der Waals surface area contributed by atoms with Gasteiger partial charge < -0.3 is 30.0 Å². The summed E-state index contributed by atoms with van der Waals surface area (Å²) in [5, 5.41) is 15.1. The number of benzene rings is 4. The van der Waals surface area contributed by atoms with E-state index in [1.54, 1.807) is 48.5 Å². The molecule has 0 radical (unpaired) electrons. The lowest BCUT2D eigenvalue weighted by molar-refractivity contribution is -0.142. The van der Waals surface area contributed by atoms with Crippen LogP contribution < -0.4 is 15.4 Å². The molecule has 0 bridgehead atoms. The number of phenolic OH excluding ortho intramolecular Hbond substituents is 1. The van der Waals surface area contributed by atoms with Gasteiger partial charge >= 0.3 is 12.4 Å². The van der Waals surface area contributed by atoms with Crippen molar-refractivity contribution in [2.24, 2.45) is 0 Å². The SMILES string of the molecule is CCOC(OCC)c1ccc(Nc2ccc(-c3ccc(OC)cc3)c(C(F)(F)F)c2)cn1.O=Cc1ccc(Nc2ccc(-c3ccc(O)cc3)c(C(F)(F)F)c2)cn1. The van der Waals surface area contributed by atoms with Gasteiger partial charge in [0.15, 0.2) is 6.29 Å². The summed E-state index contributed by atoms with van der Waals surface area (Å²) < 4.78 is 98.0. The predicted molar refractivity (Wildman–Crippen MR) is 208 cm³/mol. The third-order valence-electron chi connectivity index (χ3n) is 8.38.